The molecule has 0 aliphatic carbocycles. The van der Waals surface area contributed by atoms with Gasteiger partial charge in [-0.05, 0) is 30.5 Å². The van der Waals surface area contributed by atoms with Crippen molar-refractivity contribution in [2.75, 3.05) is 5.73 Å². The molecule has 1 nitrogen and oxygen atoms in total. The fourth-order valence-electron chi connectivity index (χ4n) is 0.393. The summed E-state index contributed by atoms with van der Waals surface area (Å²) in [6.45, 7) is -2.76. The Morgan fingerprint density at radius 2 is 2.56 bits per heavy atom. The fourth-order valence-corrected chi connectivity index (χ4v) is 0.393. The van der Waals surface area contributed by atoms with E-state index in [2.05, 4.69) is 0 Å². The number of hydrogen-bond acceptors (Lipinski definition) is 1. The Morgan fingerprint density at radius 3 is 3.22 bits per heavy atom. The molecule has 0 amide bonds. The van der Waals surface area contributed by atoms with E-state index in [1.807, 2.05) is 0 Å². The molecule has 0 aliphatic heterocycles. The molecule has 2 heteroatoms. The van der Waals surface area contributed by atoms with Crippen molar-refractivity contribution < 1.29 is 12.6 Å². The first-order chi connectivity index (χ1) is 6.68. The standard InChI is InChI=1S/C7H8FN/c1-5-4-6(8)2-3-7(5)9/h2-4H,9H2,1H3/i1D3,2D,3D,4D. The second-order valence-electron chi connectivity index (χ2n) is 1.48. The SMILES string of the molecule is [2H]c1c([2H])c(F)c([2H])c(C([2H])([2H])[2H])c1N. The molecule has 1 aromatic rings. The zero-order valence-corrected chi connectivity index (χ0v) is 4.46. The molecule has 1 aromatic carbocycles. The Morgan fingerprint density at radius 1 is 1.78 bits per heavy atom. The number of hydrogen-bond donors (Lipinski definition) is 1. The van der Waals surface area contributed by atoms with Crippen molar-refractivity contribution in [2.24, 2.45) is 0 Å². The highest BCUT2D eigenvalue weighted by Gasteiger charge is 1.92. The predicted octanol–water partition coefficient (Wildman–Crippen LogP) is 1.72. The second kappa shape index (κ2) is 2.05. The molecule has 0 spiro atoms. The van der Waals surface area contributed by atoms with Gasteiger partial charge < -0.3 is 5.73 Å². The van der Waals surface area contributed by atoms with Crippen molar-refractivity contribution in [1.29, 1.82) is 0 Å². The highest BCUT2D eigenvalue weighted by molar-refractivity contribution is 5.45. The number of rotatable bonds is 0. The van der Waals surface area contributed by atoms with E-state index in [4.69, 9.17) is 14.0 Å². The van der Waals surface area contributed by atoms with Crippen LogP contribution in [0.15, 0.2) is 18.1 Å². The topological polar surface area (TPSA) is 26.0 Å². The fraction of sp³-hybridized carbons (Fsp3) is 0.143. The lowest BCUT2D eigenvalue weighted by Gasteiger charge is -1.96. The molecule has 0 atom stereocenters. The van der Waals surface area contributed by atoms with Gasteiger partial charge >= 0.3 is 0 Å². The average molecular weight is 131 g/mol. The van der Waals surface area contributed by atoms with Crippen LogP contribution < -0.4 is 5.73 Å². The van der Waals surface area contributed by atoms with Gasteiger partial charge in [-0.25, -0.2) is 4.39 Å². The van der Waals surface area contributed by atoms with Crippen molar-refractivity contribution >= 4 is 5.69 Å². The van der Waals surface area contributed by atoms with E-state index >= 15 is 0 Å². The van der Waals surface area contributed by atoms with Crippen LogP contribution in [0.1, 0.15) is 13.8 Å². The minimum atomic E-state index is -2.76. The van der Waals surface area contributed by atoms with Crippen LogP contribution in [0.4, 0.5) is 10.1 Å². The van der Waals surface area contributed by atoms with E-state index in [0.717, 1.165) is 0 Å². The number of nitrogens with two attached hydrogens (primary N) is 1. The minimum absolute atomic E-state index is 0.536. The number of benzene rings is 1. The highest BCUT2D eigenvalue weighted by Crippen LogP contribution is 2.10. The van der Waals surface area contributed by atoms with Crippen LogP contribution in [0.25, 0.3) is 0 Å². The summed E-state index contributed by atoms with van der Waals surface area (Å²) in [5, 5.41) is 0. The van der Waals surface area contributed by atoms with Crippen LogP contribution in [0.5, 0.6) is 0 Å². The Bertz CT molecular complexity index is 384. The minimum Gasteiger partial charge on any atom is -0.399 e. The number of nitrogen functional groups attached to an aromatic ring is 1. The average Bonchev–Trinajstić information content (AvgIpc) is 2.09. The number of halogens is 1. The van der Waals surface area contributed by atoms with Gasteiger partial charge in [0.2, 0.25) is 0 Å². The molecule has 0 heterocycles. The molecule has 0 aromatic heterocycles. The maximum atomic E-state index is 13.2. The summed E-state index contributed by atoms with van der Waals surface area (Å²) < 4.78 is 55.8. The van der Waals surface area contributed by atoms with Crippen LogP contribution in [0.2, 0.25) is 0 Å². The van der Waals surface area contributed by atoms with Crippen molar-refractivity contribution in [2.45, 2.75) is 6.85 Å². The van der Waals surface area contributed by atoms with Gasteiger partial charge in [0.15, 0.2) is 0 Å². The quantitative estimate of drug-likeness (QED) is 0.533. The third-order valence-electron chi connectivity index (χ3n) is 0.811. The molecule has 0 bridgehead atoms. The summed E-state index contributed by atoms with van der Waals surface area (Å²) in [5.74, 6) is -1.33. The maximum absolute atomic E-state index is 13.2. The summed E-state index contributed by atoms with van der Waals surface area (Å²) >= 11 is 0. The van der Waals surface area contributed by atoms with E-state index in [1.165, 1.54) is 0 Å². The van der Waals surface area contributed by atoms with Crippen LogP contribution in [0, 0.1) is 12.7 Å². The lowest BCUT2D eigenvalue weighted by Crippen LogP contribution is -1.88. The van der Waals surface area contributed by atoms with Gasteiger partial charge in [-0.15, -0.1) is 0 Å². The van der Waals surface area contributed by atoms with Crippen LogP contribution in [0.3, 0.4) is 0 Å². The molecular formula is C7H8FN. The molecule has 0 aliphatic rings. The van der Waals surface area contributed by atoms with Crippen LogP contribution >= 0.6 is 0 Å². The maximum Gasteiger partial charge on any atom is 0.123 e. The van der Waals surface area contributed by atoms with Gasteiger partial charge in [-0.2, -0.15) is 0 Å². The molecule has 9 heavy (non-hydrogen) atoms. The van der Waals surface area contributed by atoms with Gasteiger partial charge in [-0.3, -0.25) is 0 Å². The van der Waals surface area contributed by atoms with Gasteiger partial charge in [0.1, 0.15) is 5.82 Å². The van der Waals surface area contributed by atoms with E-state index in [1.54, 1.807) is 0 Å². The molecule has 0 unspecified atom stereocenters. The van der Waals surface area contributed by atoms with E-state index in [0.29, 0.717) is 0 Å². The lowest BCUT2D eigenvalue weighted by atomic mass is 10.2. The van der Waals surface area contributed by atoms with Crippen molar-refractivity contribution in [3.63, 3.8) is 0 Å². The normalized spacial score (nSPS) is 20.6. The summed E-state index contributed by atoms with van der Waals surface area (Å²) in [4.78, 5) is 0. The van der Waals surface area contributed by atoms with E-state index in [-0.39, 0.29) is 0 Å². The third-order valence-corrected chi connectivity index (χ3v) is 0.811. The first-order valence-electron chi connectivity index (χ1n) is 5.23. The molecule has 1 rings (SSSR count). The largest absolute Gasteiger partial charge is 0.399 e. The van der Waals surface area contributed by atoms with Gasteiger partial charge in [0, 0.05) is 9.80 Å². The zero-order valence-electron chi connectivity index (χ0n) is 10.5. The molecule has 2 N–H and O–H groups in total. The lowest BCUT2D eigenvalue weighted by molar-refractivity contribution is 0.627. The molecule has 0 saturated carbocycles. The molecule has 48 valence electrons. The van der Waals surface area contributed by atoms with Crippen molar-refractivity contribution in [3.05, 3.63) is 29.5 Å². The third kappa shape index (κ3) is 1.19. The molecular weight excluding hydrogens is 117 g/mol. The number of anilines is 1. The van der Waals surface area contributed by atoms with E-state index in [9.17, 15) is 4.39 Å². The molecule has 0 saturated heterocycles. The van der Waals surface area contributed by atoms with Crippen LogP contribution in [-0.2, 0) is 0 Å². The monoisotopic (exact) mass is 131 g/mol. The first kappa shape index (κ1) is 1.97. The Labute approximate surface area is 61.7 Å². The van der Waals surface area contributed by atoms with Gasteiger partial charge in [-0.1, -0.05) is 0 Å². The van der Waals surface area contributed by atoms with Crippen molar-refractivity contribution in [1.82, 2.24) is 0 Å². The Kier molecular flexibility index (Phi) is 0.450. The smallest absolute Gasteiger partial charge is 0.123 e. The second-order valence-corrected chi connectivity index (χ2v) is 1.48. The Hall–Kier alpha value is -1.05. The van der Waals surface area contributed by atoms with Gasteiger partial charge in [0.05, 0.1) is 4.11 Å². The summed E-state index contributed by atoms with van der Waals surface area (Å²) in [5.41, 5.74) is 4.04. The molecule has 0 radical (unpaired) electrons. The highest BCUT2D eigenvalue weighted by atomic mass is 19.1. The summed E-state index contributed by atoms with van der Waals surface area (Å²) in [6.07, 6.45) is 0. The van der Waals surface area contributed by atoms with Crippen LogP contribution in [-0.4, -0.2) is 0 Å². The van der Waals surface area contributed by atoms with Gasteiger partial charge in [0.25, 0.3) is 0 Å². The predicted molar refractivity (Wildman–Crippen MR) is 35.5 cm³/mol. The molecule has 0 fully saturated rings. The zero-order chi connectivity index (χ0) is 12.0. The first-order valence-corrected chi connectivity index (χ1v) is 2.23. The summed E-state index contributed by atoms with van der Waals surface area (Å²) in [6, 6.07) is -2.49. The Balaban J connectivity index is 3.68. The van der Waals surface area contributed by atoms with E-state index < -0.39 is 42.0 Å². The summed E-state index contributed by atoms with van der Waals surface area (Å²) in [7, 11) is 0. The van der Waals surface area contributed by atoms with Crippen molar-refractivity contribution in [3.8, 4) is 0 Å².